The molecule has 0 bridgehead atoms. The molecule has 1 saturated heterocycles. The van der Waals surface area contributed by atoms with Crippen molar-refractivity contribution >= 4 is 34.0 Å². The fourth-order valence-corrected chi connectivity index (χ4v) is 16.5. The number of nitrogens with two attached hydrogens (primary N) is 2. The summed E-state index contributed by atoms with van der Waals surface area (Å²) in [5.74, 6) is 8.17. The van der Waals surface area contributed by atoms with Crippen molar-refractivity contribution in [3.05, 3.63) is 245 Å². The second-order valence-electron chi connectivity index (χ2n) is 30.8. The zero-order valence-corrected chi connectivity index (χ0v) is 66.5. The zero-order chi connectivity index (χ0) is 74.1. The number of para-hydroxylation sites is 4. The number of aliphatic hydroxyl groups excluding tert-OH is 2. The van der Waals surface area contributed by atoms with Crippen molar-refractivity contribution in [2.75, 3.05) is 31.8 Å². The van der Waals surface area contributed by atoms with Crippen LogP contribution in [-0.4, -0.2) is 80.2 Å². The van der Waals surface area contributed by atoms with Gasteiger partial charge in [0.2, 0.25) is 0 Å². The predicted octanol–water partition coefficient (Wildman–Crippen LogP) is 18.0. The number of benzene rings is 7. The van der Waals surface area contributed by atoms with Crippen LogP contribution in [0.5, 0.6) is 0 Å². The van der Waals surface area contributed by atoms with Crippen molar-refractivity contribution in [1.29, 1.82) is 0 Å². The maximum atomic E-state index is 11.1. The van der Waals surface area contributed by atoms with E-state index >= 15 is 0 Å². The molecular weight excluding hydrogens is 1390 g/mol. The van der Waals surface area contributed by atoms with Gasteiger partial charge in [0, 0.05) is 58.5 Å². The summed E-state index contributed by atoms with van der Waals surface area (Å²) in [6, 6.07) is 69.6. The molecule has 2 heterocycles. The maximum absolute atomic E-state index is 11.1. The van der Waals surface area contributed by atoms with Crippen LogP contribution in [0.4, 0.5) is 11.4 Å². The Morgan fingerprint density at radius 2 is 0.732 bits per heavy atom. The third-order valence-corrected chi connectivity index (χ3v) is 23.0. The quantitative estimate of drug-likeness (QED) is 0.0184. The Balaban J connectivity index is 0.000000655. The summed E-state index contributed by atoms with van der Waals surface area (Å²) in [5, 5.41) is 24.9. The number of carbonyl (C=O) groups is 2. The molecule has 0 unspecified atom stereocenters. The number of nitrogens with zero attached hydrogens (tertiary/aromatic N) is 1. The Morgan fingerprint density at radius 3 is 1.06 bits per heavy atom. The van der Waals surface area contributed by atoms with Crippen LogP contribution in [0.15, 0.2) is 212 Å². The fraction of sp³-hybridized carbons (Fsp3) is 0.515. The molecular formula is C97H146LiN4O10+. The van der Waals surface area contributed by atoms with Crippen LogP contribution in [0.25, 0.3) is 11.0 Å². The molecule has 7 aromatic carbocycles. The van der Waals surface area contributed by atoms with Gasteiger partial charge in [0.25, 0.3) is 0 Å². The van der Waals surface area contributed by atoms with E-state index in [1.807, 2.05) is 18.2 Å². The van der Waals surface area contributed by atoms with Crippen molar-refractivity contribution in [3.63, 3.8) is 0 Å². The minimum Gasteiger partial charge on any atom is -0.870 e. The molecule has 7 fully saturated rings. The van der Waals surface area contributed by atoms with Crippen LogP contribution < -0.4 is 30.3 Å². The van der Waals surface area contributed by atoms with E-state index in [4.69, 9.17) is 41.2 Å². The molecule has 0 atom stereocenters. The average Bonchev–Trinajstić information content (AvgIpc) is 1.68. The van der Waals surface area contributed by atoms with Crippen LogP contribution in [0, 0.1) is 47.3 Å². The molecule has 6 saturated carbocycles. The van der Waals surface area contributed by atoms with Gasteiger partial charge in [0.05, 0.1) is 35.6 Å². The Labute approximate surface area is 687 Å². The molecule has 14 N–H and O–H groups in total. The second kappa shape index (κ2) is 58.8. The van der Waals surface area contributed by atoms with Crippen LogP contribution in [0.1, 0.15) is 237 Å². The summed E-state index contributed by atoms with van der Waals surface area (Å²) in [6.45, 7) is 5.89. The maximum Gasteiger partial charge on any atom is 1.00 e. The number of Topliss-reactive ketones (excluding diaryl/α,β-unsaturated/α-hetero) is 2. The number of H-pyrrole nitrogens is 1. The molecule has 112 heavy (non-hydrogen) atoms. The number of ether oxygens (including phenoxy) is 2. The van der Waals surface area contributed by atoms with Crippen LogP contribution in [0.2, 0.25) is 0 Å². The summed E-state index contributed by atoms with van der Waals surface area (Å²) >= 11 is 0. The minimum absolute atomic E-state index is 0. The Hall–Kier alpha value is -7.03. The van der Waals surface area contributed by atoms with E-state index in [9.17, 15) is 9.59 Å². The number of fused-ring (bicyclic) bond motifs is 1. The number of aliphatic hydroxyl groups is 3. The molecule has 15 heteroatoms. The molecule has 0 radical (unpaired) electrons. The Kier molecular flexibility index (Phi) is 54.0. The van der Waals surface area contributed by atoms with Gasteiger partial charge in [-0.2, -0.15) is 0 Å². The number of nitrogen functional groups attached to an aromatic ring is 2. The number of aromatic amines is 1. The fourth-order valence-electron chi connectivity index (χ4n) is 16.5. The number of hydrogen-bond acceptors (Lipinski definition) is 11. The van der Waals surface area contributed by atoms with Gasteiger partial charge >= 0.3 is 18.9 Å². The van der Waals surface area contributed by atoms with Crippen LogP contribution >= 0.6 is 0 Å². The molecule has 0 amide bonds. The zero-order valence-electron chi connectivity index (χ0n) is 66.5. The summed E-state index contributed by atoms with van der Waals surface area (Å²) in [5.41, 5.74) is 23.4. The minimum atomic E-state index is -1.12. The van der Waals surface area contributed by atoms with Crippen LogP contribution in [-0.2, 0) is 63.1 Å². The van der Waals surface area contributed by atoms with Crippen molar-refractivity contribution in [3.8, 4) is 0 Å². The van der Waals surface area contributed by atoms with Gasteiger partial charge in [-0.25, -0.2) is 4.98 Å². The number of rotatable bonds is 15. The standard InChI is InChI=1S/C21H24N2.C15H22O2.C15H22.C15H20.C13H16O.C8H12O3.C6H8N2.CH4O.3CH4.Li.3H2O/c1-2-6-16(7-3-1)14-17-10-12-18(13-11-17)15-21-22-19-8-4-5-9-20(19)23-21;16-15(17)11-14-8-6-13(7-9-14)10-12-4-2-1-3-5-12;2*1-2-13-8-10-15(11-9-13)12-14-6-4-3-5-7-14;14-13-8-6-12(7-9-13)10-11-4-2-1-3-5-11;9-7-1-3-8(4-2-7)10-5-6-11-8;7-5-3-1-2-4-6(5)8;1-2;;;;;;;/h1-9,17-18H,10-15H2,(H,22,23);1-5,13-17H,6-11H2;3-7,13,15H,2,8-12H2,1H3;2-7,15H,8-12H2,1H3;1-5,12H,6-10H2;1-6H2;1-4H,7-8H2;2H,1H3;3*1H4;;3*1H2/q;;;;;;;;;;;+1;;;. The molecule has 1 spiro atoms. The van der Waals surface area contributed by atoms with Crippen molar-refractivity contribution in [1.82, 2.24) is 9.97 Å². The van der Waals surface area contributed by atoms with Gasteiger partial charge in [0.15, 0.2) is 12.1 Å². The first-order valence-corrected chi connectivity index (χ1v) is 40.3. The number of aromatic nitrogens is 2. The van der Waals surface area contributed by atoms with E-state index in [2.05, 4.69) is 195 Å². The number of carbonyl (C=O) groups excluding carboxylic acids is 2. The first kappa shape index (κ1) is 103. The van der Waals surface area contributed by atoms with E-state index in [1.54, 1.807) is 17.7 Å². The number of hydrogen-bond donors (Lipinski definition) is 6. The van der Waals surface area contributed by atoms with Gasteiger partial charge in [-0.1, -0.05) is 236 Å². The first-order chi connectivity index (χ1) is 51.3. The summed E-state index contributed by atoms with van der Waals surface area (Å²) in [7, 11) is 1.00. The SMILES string of the molecule is C.C.C.CC=C1CCC(Cc2ccccc2)CC1.CCC1CCC(Cc2ccccc2)CC1.CO.Nc1ccccc1N.O.O=C1CCC(Cc2ccccc2)CC1.O=C1CCC2(CC1)OCCO2.OC(O)CC1CCC(Cc2ccccc2)CC1.[Li+].[OH-].[OH3+].c1ccc(CC2CCC(Cc3nc4ccccc4[nH]3)CC2)cc1. The van der Waals surface area contributed by atoms with E-state index in [1.165, 1.54) is 155 Å². The number of ketones is 2. The van der Waals surface area contributed by atoms with Crippen molar-refractivity contribution in [2.24, 2.45) is 47.3 Å². The molecule has 6 aliphatic carbocycles. The molecule has 1 aromatic heterocycles. The summed E-state index contributed by atoms with van der Waals surface area (Å²) in [6.07, 6.45) is 38.3. The molecule has 15 rings (SSSR count). The van der Waals surface area contributed by atoms with Gasteiger partial charge in [-0.3, -0.25) is 9.59 Å². The summed E-state index contributed by atoms with van der Waals surface area (Å²) < 4.78 is 10.9. The number of imidazole rings is 1. The molecule has 1 aliphatic heterocycles. The summed E-state index contributed by atoms with van der Waals surface area (Å²) in [4.78, 5) is 30.2. The number of allylic oxidation sites excluding steroid dienone is 2. The van der Waals surface area contributed by atoms with E-state index < -0.39 is 6.29 Å². The topological polar surface area (TPSA) is 289 Å². The monoisotopic (exact) mass is 1530 g/mol. The van der Waals surface area contributed by atoms with Crippen LogP contribution in [0.3, 0.4) is 0 Å². The van der Waals surface area contributed by atoms with Gasteiger partial charge in [-0.05, 0) is 241 Å². The van der Waals surface area contributed by atoms with E-state index in [0.29, 0.717) is 61.3 Å². The third-order valence-electron chi connectivity index (χ3n) is 23.0. The van der Waals surface area contributed by atoms with E-state index in [-0.39, 0.29) is 63.4 Å². The number of nitrogens with one attached hydrogen (secondary N) is 1. The van der Waals surface area contributed by atoms with Gasteiger partial charge < -0.3 is 57.7 Å². The van der Waals surface area contributed by atoms with Crippen molar-refractivity contribution < 1.29 is 69.7 Å². The second-order valence-corrected chi connectivity index (χ2v) is 30.8. The first-order valence-electron chi connectivity index (χ1n) is 40.3. The molecule has 614 valence electrons. The normalized spacial score (nSPS) is 20.6. The average molecular weight is 1540 g/mol. The van der Waals surface area contributed by atoms with Gasteiger partial charge in [-0.15, -0.1) is 0 Å². The number of anilines is 2. The van der Waals surface area contributed by atoms with E-state index in [0.717, 1.165) is 124 Å². The molecule has 14 nitrogen and oxygen atoms in total. The Bertz CT molecular complexity index is 3560. The predicted molar refractivity (Wildman–Crippen MR) is 465 cm³/mol. The van der Waals surface area contributed by atoms with Crippen molar-refractivity contribution in [2.45, 2.75) is 254 Å². The molecule has 8 aromatic rings. The van der Waals surface area contributed by atoms with Gasteiger partial charge in [0.1, 0.15) is 17.4 Å². The Morgan fingerprint density at radius 1 is 0.438 bits per heavy atom. The largest absolute Gasteiger partial charge is 1.00 e. The molecule has 7 aliphatic rings. The smallest absolute Gasteiger partial charge is 0.870 e. The third kappa shape index (κ3) is 38.9.